The average Bonchev–Trinajstić information content (AvgIpc) is 3.20. The SMILES string of the molecule is Cc1cn(-c2cc(C)c(S(=O)(=O)N3C[C@H](C)c4cccc(C)c43)cn2)cn1. The van der Waals surface area contributed by atoms with Crippen molar-refractivity contribution >= 4 is 15.7 Å². The van der Waals surface area contributed by atoms with Gasteiger partial charge in [0.2, 0.25) is 0 Å². The molecule has 27 heavy (non-hydrogen) atoms. The highest BCUT2D eigenvalue weighted by Gasteiger charge is 2.36. The second-order valence-electron chi connectivity index (χ2n) is 7.18. The third-order valence-electron chi connectivity index (χ3n) is 5.08. The Morgan fingerprint density at radius 1 is 1.11 bits per heavy atom. The lowest BCUT2D eigenvalue weighted by atomic mass is 10.0. The van der Waals surface area contributed by atoms with Crippen molar-refractivity contribution in [3.05, 3.63) is 65.4 Å². The first-order valence-electron chi connectivity index (χ1n) is 8.89. The lowest BCUT2D eigenvalue weighted by Gasteiger charge is -2.22. The van der Waals surface area contributed by atoms with Crippen LogP contribution in [0.5, 0.6) is 0 Å². The fourth-order valence-corrected chi connectivity index (χ4v) is 5.48. The van der Waals surface area contributed by atoms with Gasteiger partial charge in [0, 0.05) is 18.7 Å². The summed E-state index contributed by atoms with van der Waals surface area (Å²) >= 11 is 0. The zero-order chi connectivity index (χ0) is 19.3. The largest absolute Gasteiger partial charge is 0.290 e. The van der Waals surface area contributed by atoms with Crippen molar-refractivity contribution in [2.45, 2.75) is 38.5 Å². The van der Waals surface area contributed by atoms with Gasteiger partial charge < -0.3 is 0 Å². The van der Waals surface area contributed by atoms with Crippen molar-refractivity contribution in [2.24, 2.45) is 0 Å². The molecule has 0 aliphatic carbocycles. The molecule has 0 saturated carbocycles. The van der Waals surface area contributed by atoms with Crippen LogP contribution in [0.25, 0.3) is 5.82 Å². The smallest absolute Gasteiger partial charge is 0.266 e. The Morgan fingerprint density at radius 3 is 2.56 bits per heavy atom. The van der Waals surface area contributed by atoms with E-state index in [9.17, 15) is 8.42 Å². The molecule has 0 N–H and O–H groups in total. The second kappa shape index (κ2) is 6.20. The molecule has 0 saturated heterocycles. The lowest BCUT2D eigenvalue weighted by Crippen LogP contribution is -2.31. The molecule has 0 spiro atoms. The number of fused-ring (bicyclic) bond motifs is 1. The number of hydrogen-bond donors (Lipinski definition) is 0. The Labute approximate surface area is 159 Å². The van der Waals surface area contributed by atoms with E-state index >= 15 is 0 Å². The fraction of sp³-hybridized carbons (Fsp3) is 0.300. The molecular formula is C20H22N4O2S. The number of imidazole rings is 1. The molecule has 4 rings (SSSR count). The molecule has 0 bridgehead atoms. The van der Waals surface area contributed by atoms with Crippen molar-refractivity contribution in [1.29, 1.82) is 0 Å². The van der Waals surface area contributed by atoms with Crippen LogP contribution in [-0.4, -0.2) is 29.5 Å². The molecule has 0 amide bonds. The highest BCUT2D eigenvalue weighted by molar-refractivity contribution is 7.93. The number of hydrogen-bond acceptors (Lipinski definition) is 4. The molecule has 6 nitrogen and oxygen atoms in total. The molecule has 2 aromatic heterocycles. The van der Waals surface area contributed by atoms with Gasteiger partial charge in [0.1, 0.15) is 17.0 Å². The van der Waals surface area contributed by atoms with Crippen molar-refractivity contribution in [1.82, 2.24) is 14.5 Å². The third-order valence-corrected chi connectivity index (χ3v) is 6.98. The number of aromatic nitrogens is 3. The van der Waals surface area contributed by atoms with E-state index in [1.165, 1.54) is 10.5 Å². The Morgan fingerprint density at radius 2 is 1.89 bits per heavy atom. The van der Waals surface area contributed by atoms with Crippen LogP contribution in [-0.2, 0) is 10.0 Å². The van der Waals surface area contributed by atoms with Gasteiger partial charge >= 0.3 is 0 Å². The molecule has 3 heterocycles. The van der Waals surface area contributed by atoms with E-state index in [1.54, 1.807) is 23.9 Å². The topological polar surface area (TPSA) is 68.1 Å². The average molecular weight is 382 g/mol. The lowest BCUT2D eigenvalue weighted by molar-refractivity contribution is 0.589. The van der Waals surface area contributed by atoms with Gasteiger partial charge in [-0.1, -0.05) is 25.1 Å². The zero-order valence-corrected chi connectivity index (χ0v) is 16.7. The zero-order valence-electron chi connectivity index (χ0n) is 15.8. The molecule has 1 atom stereocenters. The van der Waals surface area contributed by atoms with Gasteiger partial charge in [-0.25, -0.2) is 18.4 Å². The van der Waals surface area contributed by atoms with Crippen LogP contribution in [0.2, 0.25) is 0 Å². The number of sulfonamides is 1. The summed E-state index contributed by atoms with van der Waals surface area (Å²) in [5.41, 5.74) is 4.40. The molecule has 1 aromatic carbocycles. The summed E-state index contributed by atoms with van der Waals surface area (Å²) in [5.74, 6) is 0.814. The molecular weight excluding hydrogens is 360 g/mol. The van der Waals surface area contributed by atoms with Crippen LogP contribution in [0, 0.1) is 20.8 Å². The van der Waals surface area contributed by atoms with E-state index in [2.05, 4.69) is 16.9 Å². The molecule has 1 aliphatic rings. The first kappa shape index (κ1) is 17.7. The molecule has 3 aromatic rings. The van der Waals surface area contributed by atoms with Crippen molar-refractivity contribution < 1.29 is 8.42 Å². The van der Waals surface area contributed by atoms with Crippen LogP contribution >= 0.6 is 0 Å². The summed E-state index contributed by atoms with van der Waals surface area (Å²) in [4.78, 5) is 8.81. The predicted octanol–water partition coefficient (Wildman–Crippen LogP) is 3.50. The van der Waals surface area contributed by atoms with E-state index in [0.29, 0.717) is 17.9 Å². The summed E-state index contributed by atoms with van der Waals surface area (Å²) in [5, 5.41) is 0. The van der Waals surface area contributed by atoms with Gasteiger partial charge in [0.15, 0.2) is 0 Å². The van der Waals surface area contributed by atoms with E-state index in [4.69, 9.17) is 0 Å². The molecule has 1 aliphatic heterocycles. The van der Waals surface area contributed by atoms with Crippen LogP contribution < -0.4 is 4.31 Å². The summed E-state index contributed by atoms with van der Waals surface area (Å²) in [7, 11) is -3.69. The van der Waals surface area contributed by atoms with Crippen molar-refractivity contribution in [2.75, 3.05) is 10.8 Å². The molecule has 0 unspecified atom stereocenters. The first-order chi connectivity index (χ1) is 12.8. The van der Waals surface area contributed by atoms with E-state index < -0.39 is 10.0 Å². The number of anilines is 1. The summed E-state index contributed by atoms with van der Waals surface area (Å²) in [6, 6.07) is 7.73. The van der Waals surface area contributed by atoms with Crippen molar-refractivity contribution in [3.63, 3.8) is 0 Å². The minimum atomic E-state index is -3.69. The predicted molar refractivity (Wildman–Crippen MR) is 105 cm³/mol. The number of benzene rings is 1. The molecule has 0 radical (unpaired) electrons. The summed E-state index contributed by atoms with van der Waals surface area (Å²) in [6.45, 7) is 8.17. The van der Waals surface area contributed by atoms with Crippen molar-refractivity contribution in [3.8, 4) is 5.82 Å². The van der Waals surface area contributed by atoms with Crippen LogP contribution in [0.4, 0.5) is 5.69 Å². The van der Waals surface area contributed by atoms with Crippen LogP contribution in [0.1, 0.15) is 35.2 Å². The Bertz CT molecular complexity index is 1130. The maximum atomic E-state index is 13.4. The van der Waals surface area contributed by atoms with Gasteiger partial charge in [0.05, 0.1) is 17.6 Å². The normalized spacial score (nSPS) is 16.6. The van der Waals surface area contributed by atoms with E-state index in [0.717, 1.165) is 22.5 Å². The Balaban J connectivity index is 1.78. The maximum absolute atomic E-state index is 13.4. The minimum absolute atomic E-state index is 0.163. The summed E-state index contributed by atoms with van der Waals surface area (Å²) in [6.07, 6.45) is 4.99. The third kappa shape index (κ3) is 2.82. The Kier molecular flexibility index (Phi) is 4.07. The van der Waals surface area contributed by atoms with E-state index in [-0.39, 0.29) is 10.8 Å². The van der Waals surface area contributed by atoms with Crippen LogP contribution in [0.15, 0.2) is 47.9 Å². The number of aryl methyl sites for hydroxylation is 3. The fourth-order valence-electron chi connectivity index (χ4n) is 3.68. The number of para-hydroxylation sites is 1. The van der Waals surface area contributed by atoms with Gasteiger partial charge in [-0.2, -0.15) is 0 Å². The Hall–Kier alpha value is -2.67. The first-order valence-corrected chi connectivity index (χ1v) is 10.3. The van der Waals surface area contributed by atoms with Crippen LogP contribution in [0.3, 0.4) is 0 Å². The highest BCUT2D eigenvalue weighted by Crippen LogP contribution is 2.41. The summed E-state index contributed by atoms with van der Waals surface area (Å²) < 4.78 is 30.2. The van der Waals surface area contributed by atoms with Gasteiger partial charge in [-0.15, -0.1) is 0 Å². The van der Waals surface area contributed by atoms with E-state index in [1.807, 2.05) is 38.2 Å². The molecule has 0 fully saturated rings. The molecule has 7 heteroatoms. The standard InChI is InChI=1S/C20H22N4O2S/c1-13-6-5-7-17-15(3)10-24(20(13)17)27(25,26)18-9-21-19(8-14(18)2)23-11-16(4)22-12-23/h5-9,11-12,15H,10H2,1-4H3/t15-/m0/s1. The van der Waals surface area contributed by atoms with Gasteiger partial charge in [-0.3, -0.25) is 8.87 Å². The minimum Gasteiger partial charge on any atom is -0.290 e. The molecule has 140 valence electrons. The number of pyridine rings is 1. The number of nitrogens with zero attached hydrogens (tertiary/aromatic N) is 4. The quantitative estimate of drug-likeness (QED) is 0.695. The van der Waals surface area contributed by atoms with Gasteiger partial charge in [0.25, 0.3) is 10.0 Å². The second-order valence-corrected chi connectivity index (χ2v) is 9.01. The number of rotatable bonds is 3. The highest BCUT2D eigenvalue weighted by atomic mass is 32.2. The maximum Gasteiger partial charge on any atom is 0.266 e. The van der Waals surface area contributed by atoms with Gasteiger partial charge in [-0.05, 0) is 43.5 Å². The monoisotopic (exact) mass is 382 g/mol.